The highest BCUT2D eigenvalue weighted by atomic mass is 16.5. The number of hydrogen-bond acceptors (Lipinski definition) is 8. The summed E-state index contributed by atoms with van der Waals surface area (Å²) in [6.45, 7) is 11.5. The summed E-state index contributed by atoms with van der Waals surface area (Å²) in [6.07, 6.45) is 1.92. The van der Waals surface area contributed by atoms with Gasteiger partial charge in [0.2, 0.25) is 0 Å². The Morgan fingerprint density at radius 2 is 1.92 bits per heavy atom. The molecule has 0 saturated carbocycles. The molecule has 3 aliphatic heterocycles. The van der Waals surface area contributed by atoms with Gasteiger partial charge in [0.15, 0.2) is 0 Å². The largest absolute Gasteiger partial charge is 0.370 e. The van der Waals surface area contributed by atoms with Crippen molar-refractivity contribution in [3.05, 3.63) is 58.1 Å². The lowest BCUT2D eigenvalue weighted by atomic mass is 10.1. The first-order chi connectivity index (χ1) is 17.5. The fourth-order valence-electron chi connectivity index (χ4n) is 5.88. The first kappa shape index (κ1) is 23.4. The van der Waals surface area contributed by atoms with Gasteiger partial charge >= 0.3 is 0 Å². The highest BCUT2D eigenvalue weighted by molar-refractivity contribution is 5.89. The van der Waals surface area contributed by atoms with Crippen molar-refractivity contribution in [1.29, 1.82) is 0 Å². The van der Waals surface area contributed by atoms with Crippen LogP contribution in [-0.4, -0.2) is 77.5 Å². The van der Waals surface area contributed by atoms with E-state index in [2.05, 4.69) is 57.0 Å². The molecule has 2 unspecified atom stereocenters. The Balaban J connectivity index is 1.12. The predicted octanol–water partition coefficient (Wildman–Crippen LogP) is 1.91. The lowest BCUT2D eigenvalue weighted by molar-refractivity contribution is -0.0327. The lowest BCUT2D eigenvalue weighted by Crippen LogP contribution is -2.54. The van der Waals surface area contributed by atoms with Crippen molar-refractivity contribution in [2.75, 3.05) is 55.6 Å². The quantitative estimate of drug-likeness (QED) is 0.596. The number of ether oxygens (including phenoxy) is 1. The molecular formula is C27H35N7O2. The molecule has 9 nitrogen and oxygen atoms in total. The van der Waals surface area contributed by atoms with Gasteiger partial charge in [0.1, 0.15) is 11.5 Å². The first-order valence-corrected chi connectivity index (χ1v) is 13.0. The molecule has 3 aromatic heterocycles. The van der Waals surface area contributed by atoms with Crippen LogP contribution >= 0.6 is 0 Å². The van der Waals surface area contributed by atoms with Crippen LogP contribution in [-0.2, 0) is 18.3 Å². The van der Waals surface area contributed by atoms with Gasteiger partial charge in [-0.05, 0) is 37.6 Å². The molecule has 3 aliphatic rings. The normalized spacial score (nSPS) is 24.9. The summed E-state index contributed by atoms with van der Waals surface area (Å²) in [5, 5.41) is 4.48. The van der Waals surface area contributed by atoms with E-state index in [1.807, 2.05) is 6.07 Å². The van der Waals surface area contributed by atoms with E-state index in [1.54, 1.807) is 23.9 Å². The number of fused-ring (bicyclic) bond motifs is 2. The Morgan fingerprint density at radius 1 is 1.08 bits per heavy atom. The van der Waals surface area contributed by atoms with Crippen LogP contribution in [0.2, 0.25) is 0 Å². The minimum absolute atomic E-state index is 0.0339. The molecule has 0 aromatic carbocycles. The molecule has 6 heterocycles. The van der Waals surface area contributed by atoms with Gasteiger partial charge in [-0.25, -0.2) is 9.97 Å². The third-order valence-electron chi connectivity index (χ3n) is 7.83. The summed E-state index contributed by atoms with van der Waals surface area (Å²) in [4.78, 5) is 29.3. The molecule has 0 bridgehead atoms. The third kappa shape index (κ3) is 4.36. The molecule has 0 amide bonds. The number of hydrogen-bond donors (Lipinski definition) is 1. The zero-order chi connectivity index (χ0) is 24.8. The topological polar surface area (TPSA) is 78.8 Å². The van der Waals surface area contributed by atoms with Crippen LogP contribution in [0.4, 0.5) is 11.5 Å². The number of nitrogens with zero attached hydrogens (tertiary/aromatic N) is 6. The van der Waals surface area contributed by atoms with Crippen molar-refractivity contribution in [3.8, 4) is 0 Å². The van der Waals surface area contributed by atoms with E-state index in [9.17, 15) is 4.79 Å². The van der Waals surface area contributed by atoms with Crippen molar-refractivity contribution in [2.24, 2.45) is 7.05 Å². The number of anilines is 2. The maximum absolute atomic E-state index is 12.6. The van der Waals surface area contributed by atoms with Crippen molar-refractivity contribution < 1.29 is 4.74 Å². The zero-order valence-electron chi connectivity index (χ0n) is 21.4. The van der Waals surface area contributed by atoms with Gasteiger partial charge < -0.3 is 19.9 Å². The van der Waals surface area contributed by atoms with Crippen molar-refractivity contribution >= 4 is 22.5 Å². The second-order valence-corrected chi connectivity index (χ2v) is 10.4. The maximum Gasteiger partial charge on any atom is 0.253 e. The van der Waals surface area contributed by atoms with Crippen molar-refractivity contribution in [3.63, 3.8) is 0 Å². The van der Waals surface area contributed by atoms with Crippen molar-refractivity contribution in [1.82, 2.24) is 24.8 Å². The average Bonchev–Trinajstić information content (AvgIpc) is 3.26. The second kappa shape index (κ2) is 9.46. The average molecular weight is 490 g/mol. The van der Waals surface area contributed by atoms with Gasteiger partial charge in [-0.15, -0.1) is 0 Å². The molecule has 1 N–H and O–H groups in total. The molecule has 190 valence electrons. The van der Waals surface area contributed by atoms with Crippen LogP contribution in [0.1, 0.15) is 31.1 Å². The summed E-state index contributed by atoms with van der Waals surface area (Å²) in [5.74, 6) is 1.09. The van der Waals surface area contributed by atoms with E-state index in [4.69, 9.17) is 9.72 Å². The molecule has 3 aromatic rings. The Bertz CT molecular complexity index is 1320. The van der Waals surface area contributed by atoms with E-state index in [0.29, 0.717) is 6.04 Å². The summed E-state index contributed by atoms with van der Waals surface area (Å²) in [6, 6.07) is 10.5. The number of pyridine rings is 3. The van der Waals surface area contributed by atoms with E-state index in [0.717, 1.165) is 74.9 Å². The number of nitrogens with one attached hydrogen (secondary N) is 1. The molecular weight excluding hydrogens is 454 g/mol. The summed E-state index contributed by atoms with van der Waals surface area (Å²) < 4.78 is 7.98. The van der Waals surface area contributed by atoms with Gasteiger partial charge in [-0.1, -0.05) is 6.07 Å². The second-order valence-electron chi connectivity index (χ2n) is 10.4. The monoisotopic (exact) mass is 489 g/mol. The number of piperazine rings is 1. The molecule has 3 atom stereocenters. The zero-order valence-corrected chi connectivity index (χ0v) is 21.4. The summed E-state index contributed by atoms with van der Waals surface area (Å²) >= 11 is 0. The fraction of sp³-hybridized carbons (Fsp3) is 0.519. The van der Waals surface area contributed by atoms with Crippen LogP contribution in [0.3, 0.4) is 0 Å². The van der Waals surface area contributed by atoms with Crippen LogP contribution in [0.25, 0.3) is 11.0 Å². The number of aromatic nitrogens is 3. The third-order valence-corrected chi connectivity index (χ3v) is 7.83. The van der Waals surface area contributed by atoms with E-state index < -0.39 is 0 Å². The van der Waals surface area contributed by atoms with E-state index >= 15 is 0 Å². The van der Waals surface area contributed by atoms with Gasteiger partial charge in [0.25, 0.3) is 5.56 Å². The van der Waals surface area contributed by atoms with Gasteiger partial charge in [-0.3, -0.25) is 14.3 Å². The van der Waals surface area contributed by atoms with Gasteiger partial charge in [0.05, 0.1) is 23.6 Å². The molecule has 6 rings (SSSR count). The number of aryl methyl sites for hydroxylation is 1. The SMILES string of the molecule is CC1CN(c2cc(=O)n(C)c3ncccc23)CC(CN2CCN(c3ccc4c(n3)CN[C@@H]4C)CC2)O1. The molecule has 9 heteroatoms. The summed E-state index contributed by atoms with van der Waals surface area (Å²) in [7, 11) is 1.78. The van der Waals surface area contributed by atoms with Gasteiger partial charge in [0, 0.05) is 83.1 Å². The molecule has 0 radical (unpaired) electrons. The molecule has 36 heavy (non-hydrogen) atoms. The van der Waals surface area contributed by atoms with Crippen LogP contribution in [0.5, 0.6) is 0 Å². The lowest BCUT2D eigenvalue weighted by Gasteiger charge is -2.42. The minimum Gasteiger partial charge on any atom is -0.370 e. The maximum atomic E-state index is 12.6. The Labute approximate surface area is 211 Å². The predicted molar refractivity (Wildman–Crippen MR) is 142 cm³/mol. The van der Waals surface area contributed by atoms with Crippen molar-refractivity contribution in [2.45, 2.75) is 38.6 Å². The first-order valence-electron chi connectivity index (χ1n) is 13.0. The van der Waals surface area contributed by atoms with Gasteiger partial charge in [-0.2, -0.15) is 0 Å². The molecule has 0 spiro atoms. The van der Waals surface area contributed by atoms with E-state index in [1.165, 1.54) is 11.3 Å². The molecule has 2 saturated heterocycles. The summed E-state index contributed by atoms with van der Waals surface area (Å²) in [5.41, 5.74) is 4.15. The number of rotatable bonds is 4. The highest BCUT2D eigenvalue weighted by Gasteiger charge is 2.30. The van der Waals surface area contributed by atoms with Crippen LogP contribution in [0.15, 0.2) is 41.3 Å². The Morgan fingerprint density at radius 3 is 2.75 bits per heavy atom. The smallest absolute Gasteiger partial charge is 0.253 e. The fourth-order valence-corrected chi connectivity index (χ4v) is 5.88. The van der Waals surface area contributed by atoms with E-state index in [-0.39, 0.29) is 17.8 Å². The van der Waals surface area contributed by atoms with Crippen LogP contribution < -0.4 is 20.7 Å². The molecule has 0 aliphatic carbocycles. The molecule has 2 fully saturated rings. The Kier molecular flexibility index (Phi) is 6.15. The van der Waals surface area contributed by atoms with Crippen LogP contribution in [0, 0.1) is 0 Å². The standard InChI is InChI=1S/C27H35N7O2/c1-18-15-34(24-13-26(35)31(3)27-22(24)5-4-8-28-27)17-20(36-18)16-32-9-11-33(12-10-32)25-7-6-21-19(2)29-14-23(21)30-25/h4-8,13,18-20,29H,9-12,14-17H2,1-3H3/t18?,19-,20?/m1/s1. The Hall–Kier alpha value is -3.01. The highest BCUT2D eigenvalue weighted by Crippen LogP contribution is 2.28. The number of morpholine rings is 1. The minimum atomic E-state index is -0.0339.